The molecular weight excluding hydrogens is 328 g/mol. The Hall–Kier alpha value is -3.48. The molecule has 2 aromatic heterocycles. The van der Waals surface area contributed by atoms with Crippen LogP contribution in [-0.4, -0.2) is 37.4 Å². The number of fused-ring (bicyclic) bond motifs is 1. The number of imidazole rings is 1. The van der Waals surface area contributed by atoms with Crippen LogP contribution in [0.1, 0.15) is 22.7 Å². The van der Waals surface area contributed by atoms with Crippen molar-refractivity contribution in [3.63, 3.8) is 0 Å². The second-order valence-electron chi connectivity index (χ2n) is 5.91. The topological polar surface area (TPSA) is 88.5 Å². The number of aromatic amines is 1. The van der Waals surface area contributed by atoms with Crippen LogP contribution in [0.4, 0.5) is 0 Å². The molecule has 4 aromatic rings. The van der Waals surface area contributed by atoms with E-state index in [4.69, 9.17) is 0 Å². The number of amides is 1. The number of rotatable bonds is 6. The number of carbonyl (C=O) groups is 1. The molecule has 0 radical (unpaired) electrons. The summed E-state index contributed by atoms with van der Waals surface area (Å²) < 4.78 is 0. The molecule has 7 nitrogen and oxygen atoms in total. The lowest BCUT2D eigenvalue weighted by atomic mass is 10.3. The van der Waals surface area contributed by atoms with Gasteiger partial charge in [0.2, 0.25) is 0 Å². The third kappa shape index (κ3) is 3.46. The highest BCUT2D eigenvalue weighted by Crippen LogP contribution is 2.11. The molecule has 0 atom stereocenters. The fraction of sp³-hybridized carbons (Fsp3) is 0.158. The Bertz CT molecular complexity index is 988. The highest BCUT2D eigenvalue weighted by Gasteiger charge is 2.11. The van der Waals surface area contributed by atoms with E-state index in [0.717, 1.165) is 35.4 Å². The molecular formula is C19H18N6O. The van der Waals surface area contributed by atoms with Crippen LogP contribution in [0.5, 0.6) is 0 Å². The number of hydrogen-bond acceptors (Lipinski definition) is 4. The number of hydrogen-bond donors (Lipinski definition) is 2. The number of aromatic nitrogens is 5. The molecule has 0 saturated carbocycles. The molecule has 2 heterocycles. The minimum absolute atomic E-state index is 0.225. The van der Waals surface area contributed by atoms with Crippen molar-refractivity contribution in [1.82, 2.24) is 30.3 Å². The van der Waals surface area contributed by atoms with Gasteiger partial charge >= 0.3 is 0 Å². The lowest BCUT2D eigenvalue weighted by Crippen LogP contribution is -2.25. The summed E-state index contributed by atoms with van der Waals surface area (Å²) in [5.74, 6) is 0.701. The van der Waals surface area contributed by atoms with Crippen molar-refractivity contribution >= 4 is 16.9 Å². The van der Waals surface area contributed by atoms with E-state index < -0.39 is 0 Å². The van der Waals surface area contributed by atoms with E-state index in [1.165, 1.54) is 11.0 Å². The van der Waals surface area contributed by atoms with E-state index in [-0.39, 0.29) is 5.91 Å². The van der Waals surface area contributed by atoms with Crippen molar-refractivity contribution in [2.75, 3.05) is 6.54 Å². The van der Waals surface area contributed by atoms with Gasteiger partial charge in [0.15, 0.2) is 5.69 Å². The quantitative estimate of drug-likeness (QED) is 0.525. The maximum atomic E-state index is 12.2. The number of nitrogens with zero attached hydrogens (tertiary/aromatic N) is 4. The molecule has 0 aliphatic rings. The fourth-order valence-electron chi connectivity index (χ4n) is 2.73. The van der Waals surface area contributed by atoms with Crippen molar-refractivity contribution in [3.8, 4) is 5.69 Å². The highest BCUT2D eigenvalue weighted by atomic mass is 16.2. The van der Waals surface area contributed by atoms with Gasteiger partial charge < -0.3 is 10.3 Å². The van der Waals surface area contributed by atoms with Crippen molar-refractivity contribution in [2.45, 2.75) is 12.8 Å². The molecule has 26 heavy (non-hydrogen) atoms. The molecule has 0 fully saturated rings. The van der Waals surface area contributed by atoms with Gasteiger partial charge in [0, 0.05) is 13.0 Å². The maximum absolute atomic E-state index is 12.2. The Morgan fingerprint density at radius 1 is 1.08 bits per heavy atom. The number of carbonyl (C=O) groups excluding carboxylic acids is 1. The normalized spacial score (nSPS) is 10.9. The summed E-state index contributed by atoms with van der Waals surface area (Å²) in [5, 5.41) is 11.2. The molecule has 4 rings (SSSR count). The van der Waals surface area contributed by atoms with Gasteiger partial charge in [-0.05, 0) is 30.7 Å². The molecule has 1 amide bonds. The standard InChI is InChI=1S/C19H18N6O/c26-19(17-13-21-25(24-17)14-7-2-1-3-8-14)20-12-6-11-18-22-15-9-4-5-10-16(15)23-18/h1-5,7-10,13H,6,11-12H2,(H,20,26)(H,22,23). The minimum atomic E-state index is -0.225. The third-order valence-electron chi connectivity index (χ3n) is 4.03. The van der Waals surface area contributed by atoms with Crippen LogP contribution in [0.25, 0.3) is 16.7 Å². The average Bonchev–Trinajstić information content (AvgIpc) is 3.32. The largest absolute Gasteiger partial charge is 0.351 e. The summed E-state index contributed by atoms with van der Waals surface area (Å²) in [6.07, 6.45) is 3.03. The Morgan fingerprint density at radius 2 is 1.88 bits per heavy atom. The number of para-hydroxylation sites is 3. The van der Waals surface area contributed by atoms with Gasteiger partial charge in [0.05, 0.1) is 22.9 Å². The number of nitrogens with one attached hydrogen (secondary N) is 2. The number of aryl methyl sites for hydroxylation is 1. The first-order valence-electron chi connectivity index (χ1n) is 8.49. The zero-order chi connectivity index (χ0) is 17.8. The van der Waals surface area contributed by atoms with Gasteiger partial charge in [-0.1, -0.05) is 30.3 Å². The molecule has 2 aromatic carbocycles. The average molecular weight is 346 g/mol. The van der Waals surface area contributed by atoms with E-state index in [9.17, 15) is 4.79 Å². The highest BCUT2D eigenvalue weighted by molar-refractivity contribution is 5.91. The molecule has 0 spiro atoms. The summed E-state index contributed by atoms with van der Waals surface area (Å²) in [5.41, 5.74) is 3.11. The van der Waals surface area contributed by atoms with Crippen LogP contribution in [-0.2, 0) is 6.42 Å². The zero-order valence-corrected chi connectivity index (χ0v) is 14.1. The van der Waals surface area contributed by atoms with Crippen molar-refractivity contribution in [3.05, 3.63) is 72.3 Å². The minimum Gasteiger partial charge on any atom is -0.351 e. The Morgan fingerprint density at radius 3 is 2.73 bits per heavy atom. The first-order chi connectivity index (χ1) is 12.8. The zero-order valence-electron chi connectivity index (χ0n) is 14.1. The van der Waals surface area contributed by atoms with Gasteiger partial charge in [-0.3, -0.25) is 4.79 Å². The monoisotopic (exact) mass is 346 g/mol. The van der Waals surface area contributed by atoms with Crippen LogP contribution < -0.4 is 5.32 Å². The second kappa shape index (κ2) is 7.18. The van der Waals surface area contributed by atoms with Crippen LogP contribution in [0.15, 0.2) is 60.8 Å². The number of H-pyrrole nitrogens is 1. The van der Waals surface area contributed by atoms with Gasteiger partial charge in [-0.25, -0.2) is 4.98 Å². The summed E-state index contributed by atoms with van der Waals surface area (Å²) in [4.78, 5) is 21.5. The summed E-state index contributed by atoms with van der Waals surface area (Å²) in [7, 11) is 0. The predicted molar refractivity (Wildman–Crippen MR) is 98.1 cm³/mol. The first-order valence-corrected chi connectivity index (χ1v) is 8.49. The number of benzene rings is 2. The second-order valence-corrected chi connectivity index (χ2v) is 5.91. The van der Waals surface area contributed by atoms with Crippen molar-refractivity contribution in [2.24, 2.45) is 0 Å². The molecule has 130 valence electrons. The van der Waals surface area contributed by atoms with E-state index in [1.54, 1.807) is 0 Å². The lowest BCUT2D eigenvalue weighted by molar-refractivity contribution is 0.0947. The molecule has 0 aliphatic carbocycles. The fourth-order valence-corrected chi connectivity index (χ4v) is 2.73. The molecule has 7 heteroatoms. The van der Waals surface area contributed by atoms with E-state index in [0.29, 0.717) is 12.2 Å². The van der Waals surface area contributed by atoms with E-state index in [2.05, 4.69) is 25.5 Å². The van der Waals surface area contributed by atoms with E-state index in [1.807, 2.05) is 54.6 Å². The van der Waals surface area contributed by atoms with Crippen LogP contribution in [0.3, 0.4) is 0 Å². The maximum Gasteiger partial charge on any atom is 0.273 e. The third-order valence-corrected chi connectivity index (χ3v) is 4.03. The predicted octanol–water partition coefficient (Wildman–Crippen LogP) is 2.51. The van der Waals surface area contributed by atoms with Gasteiger partial charge in [-0.2, -0.15) is 9.90 Å². The molecule has 0 unspecified atom stereocenters. The Balaban J connectivity index is 1.29. The van der Waals surface area contributed by atoms with Crippen LogP contribution in [0, 0.1) is 0 Å². The van der Waals surface area contributed by atoms with Gasteiger partial charge in [-0.15, -0.1) is 5.10 Å². The lowest BCUT2D eigenvalue weighted by Gasteiger charge is -2.02. The van der Waals surface area contributed by atoms with Crippen LogP contribution in [0.2, 0.25) is 0 Å². The Labute approximate surface area is 150 Å². The SMILES string of the molecule is O=C(NCCCc1nc2ccccc2[nH]1)c1cnn(-c2ccccc2)n1. The first kappa shape index (κ1) is 16.0. The molecule has 0 aliphatic heterocycles. The summed E-state index contributed by atoms with van der Waals surface area (Å²) in [6, 6.07) is 17.4. The molecule has 0 saturated heterocycles. The Kier molecular flexibility index (Phi) is 4.42. The smallest absolute Gasteiger partial charge is 0.273 e. The van der Waals surface area contributed by atoms with E-state index >= 15 is 0 Å². The molecule has 0 bridgehead atoms. The summed E-state index contributed by atoms with van der Waals surface area (Å²) >= 11 is 0. The van der Waals surface area contributed by atoms with Crippen LogP contribution >= 0.6 is 0 Å². The summed E-state index contributed by atoms with van der Waals surface area (Å²) in [6.45, 7) is 0.550. The van der Waals surface area contributed by atoms with Gasteiger partial charge in [0.1, 0.15) is 5.82 Å². The van der Waals surface area contributed by atoms with Crippen molar-refractivity contribution < 1.29 is 4.79 Å². The van der Waals surface area contributed by atoms with Crippen molar-refractivity contribution in [1.29, 1.82) is 0 Å². The molecule has 2 N–H and O–H groups in total. The van der Waals surface area contributed by atoms with Gasteiger partial charge in [0.25, 0.3) is 5.91 Å².